The highest BCUT2D eigenvalue weighted by atomic mass is 32.2. The summed E-state index contributed by atoms with van der Waals surface area (Å²) in [5.74, 6) is 1.16. The summed E-state index contributed by atoms with van der Waals surface area (Å²) in [5, 5.41) is -0.0354. The first-order chi connectivity index (χ1) is 22.2. The summed E-state index contributed by atoms with van der Waals surface area (Å²) in [4.78, 5) is 9.37. The van der Waals surface area contributed by atoms with E-state index in [1.54, 1.807) is 37.6 Å². The SMILES string of the molecule is COc1ccc2nc([S+]([O-])Cc3ncc(C)c(OC)c3C)n(S(=O)(=O)C3=C/CCCCCCCCCC4=C(\C=C\3)CCCC4)c2c1. The van der Waals surface area contributed by atoms with Crippen LogP contribution in [0.25, 0.3) is 11.0 Å². The molecule has 0 amide bonds. The standard InChI is InChI=1S/C36H47N3O5S2/c1-26-24-37-33(27(2)35(26)44-4)25-45(40)36-38-32-22-20-30(43-3)23-34(32)39(36)46(41,42)31-18-12-10-8-6-5-7-9-11-15-28-16-13-14-17-29(28)19-21-31/h18-24H,5-17,25H2,1-4H3/b21-19+,31-18+. The van der Waals surface area contributed by atoms with E-state index < -0.39 is 21.2 Å². The van der Waals surface area contributed by atoms with Gasteiger partial charge < -0.3 is 14.0 Å². The number of hydrogen-bond donors (Lipinski definition) is 0. The second-order valence-electron chi connectivity index (χ2n) is 12.3. The highest BCUT2D eigenvalue weighted by Crippen LogP contribution is 2.34. The molecule has 0 spiro atoms. The van der Waals surface area contributed by atoms with Crippen molar-refractivity contribution in [2.24, 2.45) is 0 Å². The maximum Gasteiger partial charge on any atom is 0.338 e. The number of rotatable bonds is 7. The first-order valence-electron chi connectivity index (χ1n) is 16.5. The number of nitrogens with zero attached hydrogens (tertiary/aromatic N) is 3. The number of pyridine rings is 1. The summed E-state index contributed by atoms with van der Waals surface area (Å²) >= 11 is -1.84. The highest BCUT2D eigenvalue weighted by molar-refractivity contribution is 7.95. The van der Waals surface area contributed by atoms with Crippen LogP contribution in [0.2, 0.25) is 0 Å². The quantitative estimate of drug-likeness (QED) is 0.233. The minimum Gasteiger partial charge on any atom is -0.609 e. The van der Waals surface area contributed by atoms with Crippen molar-refractivity contribution in [2.75, 3.05) is 14.2 Å². The van der Waals surface area contributed by atoms with Gasteiger partial charge in [-0.1, -0.05) is 49.8 Å². The molecule has 2 aromatic heterocycles. The van der Waals surface area contributed by atoms with Crippen LogP contribution in [-0.2, 0) is 27.0 Å². The zero-order valence-corrected chi connectivity index (χ0v) is 29.3. The Morgan fingerprint density at radius 1 is 0.913 bits per heavy atom. The predicted molar refractivity (Wildman–Crippen MR) is 185 cm³/mol. The molecule has 0 radical (unpaired) electrons. The monoisotopic (exact) mass is 665 g/mol. The molecule has 8 nitrogen and oxygen atoms in total. The van der Waals surface area contributed by atoms with Crippen LogP contribution in [0.5, 0.6) is 11.5 Å². The number of aromatic nitrogens is 3. The Morgan fingerprint density at radius 2 is 1.61 bits per heavy atom. The summed E-state index contributed by atoms with van der Waals surface area (Å²) in [5.41, 5.74) is 5.69. The van der Waals surface area contributed by atoms with Gasteiger partial charge in [0.2, 0.25) is 0 Å². The summed E-state index contributed by atoms with van der Waals surface area (Å²) in [6, 6.07) is 5.09. The third-order valence-corrected chi connectivity index (χ3v) is 12.2. The molecule has 0 fully saturated rings. The average molecular weight is 666 g/mol. The average Bonchev–Trinajstić information content (AvgIpc) is 3.44. The Morgan fingerprint density at radius 3 is 2.35 bits per heavy atom. The van der Waals surface area contributed by atoms with Crippen molar-refractivity contribution < 1.29 is 22.4 Å². The Balaban J connectivity index is 1.61. The van der Waals surface area contributed by atoms with Crippen molar-refractivity contribution in [3.05, 3.63) is 75.5 Å². The summed E-state index contributed by atoms with van der Waals surface area (Å²) < 4.78 is 55.9. The number of imidazole rings is 1. The van der Waals surface area contributed by atoms with Gasteiger partial charge in [-0.2, -0.15) is 8.96 Å². The van der Waals surface area contributed by atoms with Gasteiger partial charge in [-0.15, -0.1) is 0 Å². The highest BCUT2D eigenvalue weighted by Gasteiger charge is 2.33. The Bertz CT molecular complexity index is 1740. The van der Waals surface area contributed by atoms with Gasteiger partial charge >= 0.3 is 5.16 Å². The predicted octanol–water partition coefficient (Wildman–Crippen LogP) is 8.39. The van der Waals surface area contributed by atoms with Gasteiger partial charge in [0.15, 0.2) is 5.75 Å². The molecule has 1 atom stereocenters. The maximum absolute atomic E-state index is 14.8. The van der Waals surface area contributed by atoms with E-state index in [1.165, 1.54) is 54.3 Å². The largest absolute Gasteiger partial charge is 0.609 e. The van der Waals surface area contributed by atoms with Crippen molar-refractivity contribution in [2.45, 2.75) is 108 Å². The van der Waals surface area contributed by atoms with Gasteiger partial charge in [0.25, 0.3) is 10.0 Å². The molecule has 2 aliphatic carbocycles. The Hall–Kier alpha value is -3.08. The van der Waals surface area contributed by atoms with Crippen molar-refractivity contribution in [1.82, 2.24) is 13.9 Å². The van der Waals surface area contributed by atoms with E-state index in [1.807, 2.05) is 26.0 Å². The number of allylic oxidation sites excluding steroid dienone is 5. The number of fused-ring (bicyclic) bond motifs is 1. The van der Waals surface area contributed by atoms with Crippen LogP contribution in [0.4, 0.5) is 0 Å². The number of methoxy groups -OCH3 is 2. The van der Waals surface area contributed by atoms with Crippen LogP contribution in [0, 0.1) is 13.8 Å². The van der Waals surface area contributed by atoms with Crippen molar-refractivity contribution in [3.8, 4) is 11.5 Å². The zero-order valence-electron chi connectivity index (χ0n) is 27.6. The lowest BCUT2D eigenvalue weighted by Gasteiger charge is -2.19. The summed E-state index contributed by atoms with van der Waals surface area (Å²) in [7, 11) is -1.07. The fourth-order valence-electron chi connectivity index (χ4n) is 6.56. The minimum absolute atomic E-state index is 0.0103. The van der Waals surface area contributed by atoms with Gasteiger partial charge in [0.05, 0.1) is 35.9 Å². The summed E-state index contributed by atoms with van der Waals surface area (Å²) in [6.07, 6.45) is 21.4. The van der Waals surface area contributed by atoms with Crippen LogP contribution in [0.1, 0.15) is 100 Å². The first kappa shape index (κ1) is 34.3. The van der Waals surface area contributed by atoms with Crippen LogP contribution in [-0.4, -0.2) is 41.1 Å². The molecule has 46 heavy (non-hydrogen) atoms. The topological polar surface area (TPSA) is 106 Å². The van der Waals surface area contributed by atoms with Crippen LogP contribution in [0.15, 0.2) is 63.8 Å². The van der Waals surface area contributed by atoms with E-state index in [2.05, 4.69) is 9.97 Å². The van der Waals surface area contributed by atoms with Crippen LogP contribution in [0.3, 0.4) is 0 Å². The molecule has 1 aromatic carbocycles. The molecule has 10 heteroatoms. The van der Waals surface area contributed by atoms with E-state index in [-0.39, 0.29) is 15.8 Å². The molecule has 2 heterocycles. The van der Waals surface area contributed by atoms with E-state index >= 15 is 0 Å². The van der Waals surface area contributed by atoms with Crippen molar-refractivity contribution in [1.29, 1.82) is 0 Å². The third kappa shape index (κ3) is 7.72. The number of ether oxygens (including phenoxy) is 2. The zero-order chi connectivity index (χ0) is 32.7. The van der Waals surface area contributed by atoms with Gasteiger partial charge in [-0.25, -0.2) is 8.42 Å². The summed E-state index contributed by atoms with van der Waals surface area (Å²) in [6.45, 7) is 3.77. The van der Waals surface area contributed by atoms with E-state index in [4.69, 9.17) is 9.47 Å². The molecule has 0 N–H and O–H groups in total. The van der Waals surface area contributed by atoms with Crippen molar-refractivity contribution in [3.63, 3.8) is 0 Å². The van der Waals surface area contributed by atoms with E-state index in [0.29, 0.717) is 34.6 Å². The molecule has 5 rings (SSSR count). The lowest BCUT2D eigenvalue weighted by atomic mass is 9.88. The molecule has 0 saturated heterocycles. The first-order valence-corrected chi connectivity index (χ1v) is 19.3. The van der Waals surface area contributed by atoms with Gasteiger partial charge in [0.1, 0.15) is 11.5 Å². The fraction of sp³-hybridized carbons (Fsp3) is 0.500. The lowest BCUT2D eigenvalue weighted by molar-refractivity contribution is 0.407. The Kier molecular flexibility index (Phi) is 11.7. The second-order valence-corrected chi connectivity index (χ2v) is 15.5. The van der Waals surface area contributed by atoms with Crippen LogP contribution >= 0.6 is 0 Å². The van der Waals surface area contributed by atoms with Gasteiger partial charge in [0, 0.05) is 34.6 Å². The van der Waals surface area contributed by atoms with Crippen LogP contribution < -0.4 is 9.47 Å². The van der Waals surface area contributed by atoms with E-state index in [0.717, 1.165) is 56.1 Å². The normalized spacial score (nSPS) is 19.8. The van der Waals surface area contributed by atoms with E-state index in [9.17, 15) is 13.0 Å². The van der Waals surface area contributed by atoms with Gasteiger partial charge in [-0.05, 0) is 89.0 Å². The minimum atomic E-state index is -4.21. The molecule has 0 bridgehead atoms. The molecule has 0 aliphatic heterocycles. The molecule has 0 saturated carbocycles. The maximum atomic E-state index is 14.8. The smallest absolute Gasteiger partial charge is 0.338 e. The van der Waals surface area contributed by atoms with Gasteiger partial charge in [-0.3, -0.25) is 4.98 Å². The number of aryl methyl sites for hydroxylation is 1. The number of benzene rings is 1. The third-order valence-electron chi connectivity index (χ3n) is 9.16. The molecule has 1 unspecified atom stereocenters. The lowest BCUT2D eigenvalue weighted by Crippen LogP contribution is -2.21. The second kappa shape index (κ2) is 15.7. The Labute approximate surface area is 277 Å². The van der Waals surface area contributed by atoms with Crippen molar-refractivity contribution >= 4 is 32.2 Å². The fourth-order valence-corrected chi connectivity index (χ4v) is 9.68. The molecule has 3 aromatic rings. The molecule has 2 aliphatic rings. The molecule has 248 valence electrons. The number of hydrogen-bond acceptors (Lipinski definition) is 7. The molecular weight excluding hydrogens is 619 g/mol. The molecular formula is C36H47N3O5S2.